The number of likely N-dealkylation sites (tertiary alicyclic amines) is 1. The number of aromatic nitrogens is 1. The molecule has 0 spiro atoms. The van der Waals surface area contributed by atoms with E-state index in [-0.39, 0.29) is 30.7 Å². The number of carbonyl (C=O) groups excluding carboxylic acids is 1. The molecule has 0 radical (unpaired) electrons. The maximum atomic E-state index is 12.2. The summed E-state index contributed by atoms with van der Waals surface area (Å²) in [5, 5.41) is 3.21. The van der Waals surface area contributed by atoms with E-state index in [1.165, 1.54) is 11.3 Å². The molecule has 0 unspecified atom stereocenters. The fourth-order valence-corrected chi connectivity index (χ4v) is 3.05. The Morgan fingerprint density at radius 3 is 2.58 bits per heavy atom. The van der Waals surface area contributed by atoms with Gasteiger partial charge in [-0.1, -0.05) is 0 Å². The normalized spacial score (nSPS) is 15.6. The summed E-state index contributed by atoms with van der Waals surface area (Å²) in [7, 11) is 1.98. The minimum atomic E-state index is 0. The second kappa shape index (κ2) is 8.74. The first-order valence-corrected chi connectivity index (χ1v) is 6.94. The van der Waals surface area contributed by atoms with Crippen LogP contribution in [0.2, 0.25) is 0 Å². The number of carbonyl (C=O) groups is 1. The zero-order chi connectivity index (χ0) is 12.3. The van der Waals surface area contributed by atoms with Gasteiger partial charge < -0.3 is 10.2 Å². The summed E-state index contributed by atoms with van der Waals surface area (Å²) in [5.41, 5.74) is 2.61. The average Bonchev–Trinajstić information content (AvgIpc) is 2.76. The van der Waals surface area contributed by atoms with Crippen molar-refractivity contribution in [3.8, 4) is 0 Å². The molecule has 1 aromatic rings. The summed E-state index contributed by atoms with van der Waals surface area (Å²) >= 11 is 1.45. The molecule has 1 saturated heterocycles. The minimum Gasteiger partial charge on any atom is -0.338 e. The molecule has 1 aromatic heterocycles. The Hall–Kier alpha value is -0.360. The first-order valence-electron chi connectivity index (χ1n) is 6.06. The Bertz CT molecular complexity index is 392. The molecule has 1 N–H and O–H groups in total. The van der Waals surface area contributed by atoms with E-state index >= 15 is 0 Å². The van der Waals surface area contributed by atoms with Gasteiger partial charge in [0.25, 0.3) is 5.91 Å². The van der Waals surface area contributed by atoms with Crippen LogP contribution in [0.5, 0.6) is 0 Å². The Morgan fingerprint density at radius 2 is 2.11 bits per heavy atom. The van der Waals surface area contributed by atoms with Crippen LogP contribution in [0.3, 0.4) is 0 Å². The van der Waals surface area contributed by atoms with Crippen LogP contribution in [0.15, 0.2) is 5.51 Å². The van der Waals surface area contributed by atoms with Gasteiger partial charge in [-0.25, -0.2) is 4.98 Å². The molecular weight excluding hydrogens is 305 g/mol. The lowest BCUT2D eigenvalue weighted by Gasteiger charge is -2.31. The van der Waals surface area contributed by atoms with Gasteiger partial charge in [-0.2, -0.15) is 0 Å². The zero-order valence-electron chi connectivity index (χ0n) is 11.2. The lowest BCUT2D eigenvalue weighted by atomic mass is 9.97. The number of rotatable bonds is 3. The minimum absolute atomic E-state index is 0. The summed E-state index contributed by atoms with van der Waals surface area (Å²) in [6.07, 6.45) is 2.20. The van der Waals surface area contributed by atoms with Crippen molar-refractivity contribution in [1.82, 2.24) is 15.2 Å². The molecule has 2 heterocycles. The van der Waals surface area contributed by atoms with Crippen molar-refractivity contribution in [2.75, 3.05) is 26.7 Å². The first kappa shape index (κ1) is 18.6. The lowest BCUT2D eigenvalue weighted by Crippen LogP contribution is -2.40. The molecule has 1 amide bonds. The van der Waals surface area contributed by atoms with Crippen LogP contribution < -0.4 is 5.32 Å². The molecule has 110 valence electrons. The molecule has 0 aromatic carbocycles. The highest BCUT2D eigenvalue weighted by atomic mass is 35.5. The van der Waals surface area contributed by atoms with Gasteiger partial charge >= 0.3 is 0 Å². The van der Waals surface area contributed by atoms with Crippen LogP contribution in [-0.2, 0) is 0 Å². The van der Waals surface area contributed by atoms with Crippen molar-refractivity contribution in [3.63, 3.8) is 0 Å². The topological polar surface area (TPSA) is 45.2 Å². The maximum absolute atomic E-state index is 12.2. The van der Waals surface area contributed by atoms with Crippen molar-refractivity contribution < 1.29 is 4.79 Å². The third-order valence-corrected chi connectivity index (χ3v) is 4.25. The average molecular weight is 326 g/mol. The molecule has 1 aliphatic rings. The highest BCUT2D eigenvalue weighted by Crippen LogP contribution is 2.21. The Morgan fingerprint density at radius 1 is 1.47 bits per heavy atom. The van der Waals surface area contributed by atoms with Crippen LogP contribution in [0.25, 0.3) is 0 Å². The number of nitrogens with one attached hydrogen (secondary N) is 1. The van der Waals surface area contributed by atoms with Gasteiger partial charge in [0.15, 0.2) is 0 Å². The van der Waals surface area contributed by atoms with Crippen molar-refractivity contribution in [2.45, 2.75) is 19.8 Å². The highest BCUT2D eigenvalue weighted by molar-refractivity contribution is 7.11. The highest BCUT2D eigenvalue weighted by Gasteiger charge is 2.24. The largest absolute Gasteiger partial charge is 0.338 e. The monoisotopic (exact) mass is 325 g/mol. The van der Waals surface area contributed by atoms with Crippen LogP contribution in [0.4, 0.5) is 0 Å². The third kappa shape index (κ3) is 4.60. The number of piperidine rings is 1. The van der Waals surface area contributed by atoms with E-state index in [1.54, 1.807) is 5.51 Å². The summed E-state index contributed by atoms with van der Waals surface area (Å²) < 4.78 is 0. The second-order valence-electron chi connectivity index (χ2n) is 4.56. The Labute approximate surface area is 130 Å². The summed E-state index contributed by atoms with van der Waals surface area (Å²) in [6.45, 7) is 4.71. The molecule has 0 atom stereocenters. The lowest BCUT2D eigenvalue weighted by molar-refractivity contribution is 0.0695. The van der Waals surface area contributed by atoms with Crippen LogP contribution in [-0.4, -0.2) is 42.5 Å². The van der Waals surface area contributed by atoms with Crippen molar-refractivity contribution in [2.24, 2.45) is 5.92 Å². The molecule has 0 aliphatic carbocycles. The molecular formula is C12H21Cl2N3OS. The Balaban J connectivity index is 0.00000162. The van der Waals surface area contributed by atoms with Crippen LogP contribution in [0.1, 0.15) is 28.2 Å². The maximum Gasteiger partial charge on any atom is 0.265 e. The predicted octanol–water partition coefficient (Wildman–Crippen LogP) is 2.37. The third-order valence-electron chi connectivity index (χ3n) is 3.33. The molecule has 1 fully saturated rings. The number of nitrogens with zero attached hydrogens (tertiary/aromatic N) is 2. The van der Waals surface area contributed by atoms with Gasteiger partial charge in [0.05, 0.1) is 11.2 Å². The second-order valence-corrected chi connectivity index (χ2v) is 5.41. The number of hydrogen-bond donors (Lipinski definition) is 1. The van der Waals surface area contributed by atoms with Crippen molar-refractivity contribution >= 4 is 42.1 Å². The summed E-state index contributed by atoms with van der Waals surface area (Å²) in [6, 6.07) is 0. The van der Waals surface area contributed by atoms with E-state index in [9.17, 15) is 4.79 Å². The SMILES string of the molecule is CNCC1CCN(C(=O)c2scnc2C)CC1.Cl.Cl. The van der Waals surface area contributed by atoms with E-state index in [2.05, 4.69) is 10.3 Å². The van der Waals surface area contributed by atoms with Crippen LogP contribution in [0, 0.1) is 12.8 Å². The van der Waals surface area contributed by atoms with Gasteiger partial charge in [0.2, 0.25) is 0 Å². The fourth-order valence-electron chi connectivity index (χ4n) is 2.28. The Kier molecular flexibility index (Phi) is 8.57. The van der Waals surface area contributed by atoms with Gasteiger partial charge in [-0.15, -0.1) is 36.2 Å². The number of aryl methyl sites for hydroxylation is 1. The van der Waals surface area contributed by atoms with E-state index in [4.69, 9.17) is 0 Å². The summed E-state index contributed by atoms with van der Waals surface area (Å²) in [4.78, 5) is 19.1. The number of thiazole rings is 1. The standard InChI is InChI=1S/C12H19N3OS.2ClH/c1-9-11(17-8-14-9)12(16)15-5-3-10(4-6-15)7-13-2;;/h8,10,13H,3-7H2,1-2H3;2*1H. The summed E-state index contributed by atoms with van der Waals surface area (Å²) in [5.74, 6) is 0.875. The van der Waals surface area contributed by atoms with E-state index < -0.39 is 0 Å². The molecule has 7 heteroatoms. The smallest absolute Gasteiger partial charge is 0.265 e. The van der Waals surface area contributed by atoms with Crippen LogP contribution >= 0.6 is 36.2 Å². The molecule has 4 nitrogen and oxygen atoms in total. The number of hydrogen-bond acceptors (Lipinski definition) is 4. The molecule has 1 aliphatic heterocycles. The predicted molar refractivity (Wildman–Crippen MR) is 83.9 cm³/mol. The van der Waals surface area contributed by atoms with Gasteiger partial charge in [0, 0.05) is 13.1 Å². The first-order chi connectivity index (χ1) is 8.22. The van der Waals surface area contributed by atoms with E-state index in [0.29, 0.717) is 5.92 Å². The van der Waals surface area contributed by atoms with Gasteiger partial charge in [-0.3, -0.25) is 4.79 Å². The van der Waals surface area contributed by atoms with Crippen molar-refractivity contribution in [3.05, 3.63) is 16.1 Å². The van der Waals surface area contributed by atoms with Crippen molar-refractivity contribution in [1.29, 1.82) is 0 Å². The molecule has 2 rings (SSSR count). The number of halogens is 2. The van der Waals surface area contributed by atoms with E-state index in [0.717, 1.165) is 43.0 Å². The zero-order valence-corrected chi connectivity index (χ0v) is 13.7. The molecule has 0 saturated carbocycles. The van der Waals surface area contributed by atoms with E-state index in [1.807, 2.05) is 18.9 Å². The molecule has 0 bridgehead atoms. The quantitative estimate of drug-likeness (QED) is 0.927. The fraction of sp³-hybridized carbons (Fsp3) is 0.667. The molecule has 19 heavy (non-hydrogen) atoms. The van der Waals surface area contributed by atoms with Gasteiger partial charge in [0.1, 0.15) is 4.88 Å². The van der Waals surface area contributed by atoms with Gasteiger partial charge in [-0.05, 0) is 39.3 Å². The number of amides is 1.